The van der Waals surface area contributed by atoms with Gasteiger partial charge in [-0.1, -0.05) is 18.2 Å². The van der Waals surface area contributed by atoms with E-state index in [2.05, 4.69) is 5.32 Å². The maximum Gasteiger partial charge on any atom is 0.238 e. The van der Waals surface area contributed by atoms with Crippen LogP contribution in [0.1, 0.15) is 18.5 Å². The predicted octanol–water partition coefficient (Wildman–Crippen LogP) is 3.60. The number of likely N-dealkylation sites (N-methyl/N-ethyl adjacent to an activating group) is 1. The molecule has 2 aromatic carbocycles. The highest BCUT2D eigenvalue weighted by atomic mass is 19.1. The topological polar surface area (TPSA) is 32.3 Å². The minimum absolute atomic E-state index is 0.0427. The Hall–Kier alpha value is -2.27. The zero-order valence-electron chi connectivity index (χ0n) is 12.5. The van der Waals surface area contributed by atoms with Gasteiger partial charge in [-0.15, -0.1) is 0 Å². The van der Waals surface area contributed by atoms with Crippen molar-refractivity contribution >= 4 is 11.6 Å². The maximum atomic E-state index is 13.1. The quantitative estimate of drug-likeness (QED) is 0.915. The first-order chi connectivity index (χ1) is 10.5. The van der Waals surface area contributed by atoms with Crippen LogP contribution in [0.25, 0.3) is 0 Å². The average molecular weight is 304 g/mol. The Labute approximate surface area is 128 Å². The lowest BCUT2D eigenvalue weighted by molar-refractivity contribution is -0.117. The van der Waals surface area contributed by atoms with Crippen molar-refractivity contribution in [2.75, 3.05) is 18.9 Å². The van der Waals surface area contributed by atoms with Crippen LogP contribution in [0.2, 0.25) is 0 Å². The van der Waals surface area contributed by atoms with E-state index in [1.54, 1.807) is 25.2 Å². The summed E-state index contributed by atoms with van der Waals surface area (Å²) in [6.45, 7) is 2.08. The fourth-order valence-electron chi connectivity index (χ4n) is 2.13. The average Bonchev–Trinajstić information content (AvgIpc) is 2.47. The summed E-state index contributed by atoms with van der Waals surface area (Å²) in [5, 5.41) is 2.65. The zero-order valence-corrected chi connectivity index (χ0v) is 12.5. The Morgan fingerprint density at radius 1 is 1.14 bits per heavy atom. The standard InChI is InChI=1S/C17H18F2N2O/c1-12(13-6-8-14(18)9-7-13)21(2)11-17(22)20-16-5-3-4-15(19)10-16/h3-10,12H,11H2,1-2H3,(H,20,22)/t12-/m0/s1. The first-order valence-corrected chi connectivity index (χ1v) is 6.97. The molecule has 0 spiro atoms. The Morgan fingerprint density at radius 3 is 2.45 bits per heavy atom. The van der Waals surface area contributed by atoms with Crippen LogP contribution in [0.3, 0.4) is 0 Å². The number of rotatable bonds is 5. The smallest absolute Gasteiger partial charge is 0.238 e. The van der Waals surface area contributed by atoms with Gasteiger partial charge in [-0.2, -0.15) is 0 Å². The predicted molar refractivity (Wildman–Crippen MR) is 82.5 cm³/mol. The molecule has 116 valence electrons. The zero-order chi connectivity index (χ0) is 16.1. The van der Waals surface area contributed by atoms with Crippen LogP contribution < -0.4 is 5.32 Å². The molecule has 1 atom stereocenters. The third kappa shape index (κ3) is 4.36. The minimum atomic E-state index is -0.397. The van der Waals surface area contributed by atoms with Crippen LogP contribution in [-0.2, 0) is 4.79 Å². The number of halogens is 2. The molecule has 2 aromatic rings. The molecule has 0 radical (unpaired) electrons. The minimum Gasteiger partial charge on any atom is -0.325 e. The van der Waals surface area contributed by atoms with Gasteiger partial charge in [-0.3, -0.25) is 9.69 Å². The summed E-state index contributed by atoms with van der Waals surface area (Å²) in [4.78, 5) is 13.8. The molecule has 0 unspecified atom stereocenters. The molecule has 1 N–H and O–H groups in total. The SMILES string of the molecule is C[C@@H](c1ccc(F)cc1)N(C)CC(=O)Nc1cccc(F)c1. The number of benzene rings is 2. The van der Waals surface area contributed by atoms with Crippen molar-refractivity contribution in [1.29, 1.82) is 0 Å². The van der Waals surface area contributed by atoms with Gasteiger partial charge in [0.25, 0.3) is 0 Å². The number of nitrogens with one attached hydrogen (secondary N) is 1. The maximum absolute atomic E-state index is 13.1. The number of nitrogens with zero attached hydrogens (tertiary/aromatic N) is 1. The highest BCUT2D eigenvalue weighted by Gasteiger charge is 2.15. The molecule has 0 aromatic heterocycles. The molecule has 2 rings (SSSR count). The molecule has 1 amide bonds. The van der Waals surface area contributed by atoms with Crippen molar-refractivity contribution in [2.45, 2.75) is 13.0 Å². The summed E-state index contributed by atoms with van der Waals surface area (Å²) >= 11 is 0. The second kappa shape index (κ2) is 7.13. The van der Waals surface area contributed by atoms with Gasteiger partial charge in [0.1, 0.15) is 11.6 Å². The van der Waals surface area contributed by atoms with E-state index in [0.717, 1.165) is 5.56 Å². The fourth-order valence-corrected chi connectivity index (χ4v) is 2.13. The molecule has 0 fully saturated rings. The normalized spacial score (nSPS) is 12.2. The van der Waals surface area contributed by atoms with Gasteiger partial charge in [0.15, 0.2) is 0 Å². The van der Waals surface area contributed by atoms with E-state index in [-0.39, 0.29) is 24.3 Å². The van der Waals surface area contributed by atoms with Gasteiger partial charge in [-0.05, 0) is 49.9 Å². The van der Waals surface area contributed by atoms with Crippen molar-refractivity contribution < 1.29 is 13.6 Å². The molecule has 0 saturated carbocycles. The Morgan fingerprint density at radius 2 is 1.82 bits per heavy atom. The van der Waals surface area contributed by atoms with Crippen LogP contribution in [0.15, 0.2) is 48.5 Å². The van der Waals surface area contributed by atoms with Crippen LogP contribution in [-0.4, -0.2) is 24.4 Å². The number of hydrogen-bond acceptors (Lipinski definition) is 2. The first-order valence-electron chi connectivity index (χ1n) is 6.97. The summed E-state index contributed by atoms with van der Waals surface area (Å²) in [5.41, 5.74) is 1.34. The molecule has 0 heterocycles. The van der Waals surface area contributed by atoms with Gasteiger partial charge in [0, 0.05) is 11.7 Å². The molecular weight excluding hydrogens is 286 g/mol. The summed E-state index contributed by atoms with van der Waals surface area (Å²) in [5.74, 6) is -0.921. The van der Waals surface area contributed by atoms with Crippen molar-refractivity contribution in [3.63, 3.8) is 0 Å². The van der Waals surface area contributed by atoms with Crippen molar-refractivity contribution in [3.05, 3.63) is 65.7 Å². The van der Waals surface area contributed by atoms with Crippen LogP contribution in [0.4, 0.5) is 14.5 Å². The monoisotopic (exact) mass is 304 g/mol. The van der Waals surface area contributed by atoms with Gasteiger partial charge in [0.2, 0.25) is 5.91 Å². The van der Waals surface area contributed by atoms with E-state index in [4.69, 9.17) is 0 Å². The largest absolute Gasteiger partial charge is 0.325 e. The number of amides is 1. The summed E-state index contributed by atoms with van der Waals surface area (Å²) in [7, 11) is 1.80. The van der Waals surface area contributed by atoms with E-state index < -0.39 is 5.82 Å². The first kappa shape index (κ1) is 16.1. The van der Waals surface area contributed by atoms with E-state index in [0.29, 0.717) is 5.69 Å². The highest BCUT2D eigenvalue weighted by molar-refractivity contribution is 5.92. The molecule has 0 aliphatic rings. The molecular formula is C17H18F2N2O. The van der Waals surface area contributed by atoms with Gasteiger partial charge < -0.3 is 5.32 Å². The van der Waals surface area contributed by atoms with E-state index in [1.165, 1.54) is 30.3 Å². The highest BCUT2D eigenvalue weighted by Crippen LogP contribution is 2.19. The fraction of sp³-hybridized carbons (Fsp3) is 0.235. The van der Waals surface area contributed by atoms with Crippen LogP contribution >= 0.6 is 0 Å². The number of carbonyl (C=O) groups is 1. The van der Waals surface area contributed by atoms with Crippen molar-refractivity contribution in [2.24, 2.45) is 0 Å². The lowest BCUT2D eigenvalue weighted by Crippen LogP contribution is -2.32. The summed E-state index contributed by atoms with van der Waals surface area (Å²) < 4.78 is 26.0. The Kier molecular flexibility index (Phi) is 5.22. The van der Waals surface area contributed by atoms with E-state index in [1.807, 2.05) is 11.8 Å². The Balaban J connectivity index is 1.94. The van der Waals surface area contributed by atoms with Gasteiger partial charge in [-0.25, -0.2) is 8.78 Å². The lowest BCUT2D eigenvalue weighted by Gasteiger charge is -2.24. The van der Waals surface area contributed by atoms with Crippen LogP contribution in [0.5, 0.6) is 0 Å². The second-order valence-electron chi connectivity index (χ2n) is 5.20. The summed E-state index contributed by atoms with van der Waals surface area (Å²) in [6.07, 6.45) is 0. The molecule has 0 saturated heterocycles. The van der Waals surface area contributed by atoms with E-state index >= 15 is 0 Å². The van der Waals surface area contributed by atoms with Gasteiger partial charge in [0.05, 0.1) is 6.54 Å². The molecule has 0 bridgehead atoms. The third-order valence-corrected chi connectivity index (χ3v) is 3.51. The van der Waals surface area contributed by atoms with Crippen molar-refractivity contribution in [1.82, 2.24) is 4.90 Å². The molecule has 3 nitrogen and oxygen atoms in total. The molecule has 0 aliphatic carbocycles. The second-order valence-corrected chi connectivity index (χ2v) is 5.20. The number of anilines is 1. The lowest BCUT2D eigenvalue weighted by atomic mass is 10.1. The molecule has 0 aliphatic heterocycles. The number of hydrogen-bond donors (Lipinski definition) is 1. The van der Waals surface area contributed by atoms with E-state index in [9.17, 15) is 13.6 Å². The Bertz CT molecular complexity index is 643. The molecule has 22 heavy (non-hydrogen) atoms. The molecule has 5 heteroatoms. The summed E-state index contributed by atoms with van der Waals surface area (Å²) in [6, 6.07) is 11.9. The van der Waals surface area contributed by atoms with Gasteiger partial charge >= 0.3 is 0 Å². The number of carbonyl (C=O) groups excluding carboxylic acids is 1. The van der Waals surface area contributed by atoms with Crippen LogP contribution in [0, 0.1) is 11.6 Å². The third-order valence-electron chi connectivity index (χ3n) is 3.51. The van der Waals surface area contributed by atoms with Crippen molar-refractivity contribution in [3.8, 4) is 0 Å².